The molecule has 0 spiro atoms. The zero-order valence-corrected chi connectivity index (χ0v) is 12.9. The van der Waals surface area contributed by atoms with Crippen LogP contribution in [0.25, 0.3) is 0 Å². The fourth-order valence-corrected chi connectivity index (χ4v) is 2.65. The number of esters is 2. The standard InChI is InChI=1S/C17H18O6/c1-17(2)22-12-8-9-14(18)21-15(12)13(23-17)10-20-16(19)11-6-4-3-5-7-11/h3-9,12-13,15H,10H2,1-2H3/t12-,13-,15+/m1/s1. The van der Waals surface area contributed by atoms with Gasteiger partial charge in [-0.3, -0.25) is 0 Å². The molecule has 2 aliphatic heterocycles. The third kappa shape index (κ3) is 3.60. The Morgan fingerprint density at radius 3 is 2.70 bits per heavy atom. The molecule has 0 aromatic heterocycles. The van der Waals surface area contributed by atoms with E-state index >= 15 is 0 Å². The lowest BCUT2D eigenvalue weighted by Crippen LogP contribution is -2.57. The smallest absolute Gasteiger partial charge is 0.338 e. The van der Waals surface area contributed by atoms with Crippen LogP contribution in [-0.4, -0.2) is 42.6 Å². The lowest BCUT2D eigenvalue weighted by Gasteiger charge is -2.45. The molecule has 2 heterocycles. The SMILES string of the molecule is CC1(C)O[C@@H]2C=CC(=O)O[C@@H]2[C@@H](COC(=O)c2ccccc2)O1. The first-order chi connectivity index (χ1) is 10.9. The normalized spacial score (nSPS) is 28.6. The summed E-state index contributed by atoms with van der Waals surface area (Å²) < 4.78 is 22.1. The van der Waals surface area contributed by atoms with Crippen molar-refractivity contribution >= 4 is 11.9 Å². The Kier molecular flexibility index (Phi) is 4.19. The van der Waals surface area contributed by atoms with Gasteiger partial charge >= 0.3 is 11.9 Å². The van der Waals surface area contributed by atoms with Gasteiger partial charge in [-0.25, -0.2) is 9.59 Å². The van der Waals surface area contributed by atoms with Crippen molar-refractivity contribution in [2.45, 2.75) is 37.9 Å². The number of rotatable bonds is 3. The van der Waals surface area contributed by atoms with Crippen LogP contribution in [0.4, 0.5) is 0 Å². The highest BCUT2D eigenvalue weighted by molar-refractivity contribution is 5.89. The molecule has 0 amide bonds. The molecule has 23 heavy (non-hydrogen) atoms. The van der Waals surface area contributed by atoms with Crippen molar-refractivity contribution < 1.29 is 28.5 Å². The summed E-state index contributed by atoms with van der Waals surface area (Å²) in [6, 6.07) is 8.68. The highest BCUT2D eigenvalue weighted by Crippen LogP contribution is 2.31. The molecule has 3 rings (SSSR count). The molecule has 0 bridgehead atoms. The average molecular weight is 318 g/mol. The summed E-state index contributed by atoms with van der Waals surface area (Å²) in [5.74, 6) is -1.77. The van der Waals surface area contributed by atoms with E-state index in [-0.39, 0.29) is 6.61 Å². The minimum atomic E-state index is -0.862. The first-order valence-electron chi connectivity index (χ1n) is 7.41. The van der Waals surface area contributed by atoms with Crippen molar-refractivity contribution in [3.63, 3.8) is 0 Å². The van der Waals surface area contributed by atoms with E-state index in [1.165, 1.54) is 6.08 Å². The van der Waals surface area contributed by atoms with Gasteiger partial charge in [0.25, 0.3) is 0 Å². The zero-order valence-electron chi connectivity index (χ0n) is 12.9. The maximum atomic E-state index is 12.0. The largest absolute Gasteiger partial charge is 0.459 e. The average Bonchev–Trinajstić information content (AvgIpc) is 2.53. The molecule has 1 fully saturated rings. The number of hydrogen-bond donors (Lipinski definition) is 0. The van der Waals surface area contributed by atoms with Gasteiger partial charge in [0.1, 0.15) is 18.8 Å². The predicted molar refractivity (Wildman–Crippen MR) is 79.6 cm³/mol. The molecule has 6 nitrogen and oxygen atoms in total. The third-order valence-corrected chi connectivity index (χ3v) is 3.61. The molecular weight excluding hydrogens is 300 g/mol. The number of fused-ring (bicyclic) bond motifs is 1. The highest BCUT2D eigenvalue weighted by atomic mass is 16.7. The van der Waals surface area contributed by atoms with Gasteiger partial charge in [0, 0.05) is 6.08 Å². The van der Waals surface area contributed by atoms with Gasteiger partial charge in [-0.2, -0.15) is 0 Å². The molecule has 0 unspecified atom stereocenters. The van der Waals surface area contributed by atoms with Gasteiger partial charge in [-0.15, -0.1) is 0 Å². The van der Waals surface area contributed by atoms with Gasteiger partial charge < -0.3 is 18.9 Å². The van der Waals surface area contributed by atoms with Crippen molar-refractivity contribution in [2.24, 2.45) is 0 Å². The van der Waals surface area contributed by atoms with Gasteiger partial charge in [0.05, 0.1) is 5.56 Å². The Labute approximate surface area is 134 Å². The van der Waals surface area contributed by atoms with Gasteiger partial charge in [-0.1, -0.05) is 18.2 Å². The molecule has 0 N–H and O–H groups in total. The summed E-state index contributed by atoms with van der Waals surface area (Å²) in [5.41, 5.74) is 0.455. The van der Waals surface area contributed by atoms with Crippen LogP contribution in [0.15, 0.2) is 42.5 Å². The summed E-state index contributed by atoms with van der Waals surface area (Å²) in [7, 11) is 0. The first-order valence-corrected chi connectivity index (χ1v) is 7.41. The highest BCUT2D eigenvalue weighted by Gasteiger charge is 2.46. The van der Waals surface area contributed by atoms with Gasteiger partial charge in [0.15, 0.2) is 11.9 Å². The number of hydrogen-bond acceptors (Lipinski definition) is 6. The van der Waals surface area contributed by atoms with Crippen LogP contribution in [0.2, 0.25) is 0 Å². The lowest BCUT2D eigenvalue weighted by molar-refractivity contribution is -0.329. The molecule has 1 aromatic rings. The van der Waals surface area contributed by atoms with Crippen molar-refractivity contribution in [2.75, 3.05) is 6.61 Å². The molecule has 1 aromatic carbocycles. The van der Waals surface area contributed by atoms with Crippen molar-refractivity contribution in [3.05, 3.63) is 48.0 Å². The van der Waals surface area contributed by atoms with E-state index in [0.29, 0.717) is 5.56 Å². The Hall–Kier alpha value is -2.18. The maximum Gasteiger partial charge on any atom is 0.338 e. The molecule has 0 radical (unpaired) electrons. The Morgan fingerprint density at radius 1 is 1.22 bits per heavy atom. The first kappa shape index (κ1) is 15.7. The van der Waals surface area contributed by atoms with Crippen LogP contribution in [-0.2, 0) is 23.7 Å². The maximum absolute atomic E-state index is 12.0. The Bertz CT molecular complexity index is 621. The summed E-state index contributed by atoms with van der Waals surface area (Å²) in [4.78, 5) is 23.5. The van der Waals surface area contributed by atoms with E-state index in [1.807, 2.05) is 6.07 Å². The van der Waals surface area contributed by atoms with Crippen LogP contribution in [0.5, 0.6) is 0 Å². The van der Waals surface area contributed by atoms with E-state index < -0.39 is 36.0 Å². The molecule has 122 valence electrons. The molecule has 2 aliphatic rings. The van der Waals surface area contributed by atoms with Crippen LogP contribution in [0, 0.1) is 0 Å². The minimum Gasteiger partial charge on any atom is -0.459 e. The molecule has 6 heteroatoms. The fourth-order valence-electron chi connectivity index (χ4n) is 2.65. The van der Waals surface area contributed by atoms with Gasteiger partial charge in [0.2, 0.25) is 0 Å². The summed E-state index contributed by atoms with van der Waals surface area (Å²) >= 11 is 0. The summed E-state index contributed by atoms with van der Waals surface area (Å²) in [5, 5.41) is 0. The minimum absolute atomic E-state index is 0.0250. The second-order valence-corrected chi connectivity index (χ2v) is 5.86. The van der Waals surface area contributed by atoms with Crippen molar-refractivity contribution in [1.82, 2.24) is 0 Å². The quantitative estimate of drug-likeness (QED) is 0.792. The summed E-state index contributed by atoms with van der Waals surface area (Å²) in [6.45, 7) is 3.50. The van der Waals surface area contributed by atoms with Crippen LogP contribution < -0.4 is 0 Å². The van der Waals surface area contributed by atoms with Crippen LogP contribution in [0.3, 0.4) is 0 Å². The lowest BCUT2D eigenvalue weighted by atomic mass is 10.0. The predicted octanol–water partition coefficient (Wildman–Crippen LogP) is 1.85. The molecular formula is C17H18O6. The summed E-state index contributed by atoms with van der Waals surface area (Å²) in [6.07, 6.45) is 1.33. The van der Waals surface area contributed by atoms with Gasteiger partial charge in [-0.05, 0) is 32.1 Å². The molecule has 3 atom stereocenters. The Morgan fingerprint density at radius 2 is 1.96 bits per heavy atom. The molecule has 1 saturated heterocycles. The van der Waals surface area contributed by atoms with Crippen molar-refractivity contribution in [1.29, 1.82) is 0 Å². The van der Waals surface area contributed by atoms with Crippen LogP contribution >= 0.6 is 0 Å². The molecule has 0 saturated carbocycles. The van der Waals surface area contributed by atoms with Crippen molar-refractivity contribution in [3.8, 4) is 0 Å². The third-order valence-electron chi connectivity index (χ3n) is 3.61. The van der Waals surface area contributed by atoms with Crippen LogP contribution in [0.1, 0.15) is 24.2 Å². The topological polar surface area (TPSA) is 71.1 Å². The number of carbonyl (C=O) groups is 2. The second-order valence-electron chi connectivity index (χ2n) is 5.86. The molecule has 0 aliphatic carbocycles. The number of ether oxygens (including phenoxy) is 4. The zero-order chi connectivity index (χ0) is 16.4. The van der Waals surface area contributed by atoms with E-state index in [9.17, 15) is 9.59 Å². The fraction of sp³-hybridized carbons (Fsp3) is 0.412. The number of benzene rings is 1. The van der Waals surface area contributed by atoms with E-state index in [0.717, 1.165) is 0 Å². The Balaban J connectivity index is 1.69. The van der Waals surface area contributed by atoms with E-state index in [2.05, 4.69) is 0 Å². The monoisotopic (exact) mass is 318 g/mol. The van der Waals surface area contributed by atoms with E-state index in [1.54, 1.807) is 44.2 Å². The van der Waals surface area contributed by atoms with E-state index in [4.69, 9.17) is 18.9 Å². The second kappa shape index (κ2) is 6.14. The number of carbonyl (C=O) groups excluding carboxylic acids is 2.